The second-order valence-electron chi connectivity index (χ2n) is 8.49. The Morgan fingerprint density at radius 3 is 2.85 bits per heavy atom. The fourth-order valence-electron chi connectivity index (χ4n) is 4.17. The summed E-state index contributed by atoms with van der Waals surface area (Å²) in [6.07, 6.45) is 5.52. The number of rotatable bonds is 2. The van der Waals surface area contributed by atoms with Crippen molar-refractivity contribution >= 4 is 23.0 Å². The molecule has 27 heavy (non-hydrogen) atoms. The Hall–Kier alpha value is -2.57. The number of carbonyl (C=O) groups is 2. The van der Waals surface area contributed by atoms with Crippen molar-refractivity contribution in [3.05, 3.63) is 29.8 Å². The number of hydrogen-bond acceptors (Lipinski definition) is 5. The maximum atomic E-state index is 12.7. The molecule has 7 nitrogen and oxygen atoms in total. The number of carbonyl (C=O) groups excluding carboxylic acids is 2. The molecular weight excluding hydrogens is 346 g/mol. The number of hydrogen-bond donors (Lipinski definition) is 1. The van der Waals surface area contributed by atoms with Crippen LogP contribution in [0.3, 0.4) is 0 Å². The van der Waals surface area contributed by atoms with Crippen molar-refractivity contribution in [1.82, 2.24) is 15.2 Å². The summed E-state index contributed by atoms with van der Waals surface area (Å²) in [4.78, 5) is 31.3. The van der Waals surface area contributed by atoms with Crippen LogP contribution in [0.15, 0.2) is 22.9 Å². The Balaban J connectivity index is 1.47. The van der Waals surface area contributed by atoms with Gasteiger partial charge in [0.1, 0.15) is 11.3 Å². The van der Waals surface area contributed by atoms with Crippen LogP contribution in [0.4, 0.5) is 4.79 Å². The molecule has 2 aromatic heterocycles. The van der Waals surface area contributed by atoms with Crippen molar-refractivity contribution in [1.29, 1.82) is 0 Å². The van der Waals surface area contributed by atoms with Crippen LogP contribution >= 0.6 is 0 Å². The van der Waals surface area contributed by atoms with Gasteiger partial charge >= 0.3 is 6.09 Å². The lowest BCUT2D eigenvalue weighted by Gasteiger charge is -2.28. The molecule has 7 heteroatoms. The molecule has 3 atom stereocenters. The number of pyridine rings is 1. The van der Waals surface area contributed by atoms with Crippen LogP contribution in [0.25, 0.3) is 11.0 Å². The number of nitrogens with one attached hydrogen (secondary N) is 1. The SMILES string of the molecule is Cc1coc2cnc(C(=O)N[C@@H]3C[C@H]4CC[C@@H]3N4C(=O)OC(C)(C)C)cc12. The zero-order chi connectivity index (χ0) is 19.3. The molecule has 0 radical (unpaired) electrons. The van der Waals surface area contributed by atoms with E-state index in [4.69, 9.17) is 9.15 Å². The third-order valence-corrected chi connectivity index (χ3v) is 5.35. The fourth-order valence-corrected chi connectivity index (χ4v) is 4.17. The first kappa shape index (κ1) is 17.8. The van der Waals surface area contributed by atoms with E-state index in [-0.39, 0.29) is 30.1 Å². The van der Waals surface area contributed by atoms with Gasteiger partial charge in [0.2, 0.25) is 0 Å². The van der Waals surface area contributed by atoms with Gasteiger partial charge in [0, 0.05) is 11.4 Å². The molecule has 144 valence electrons. The highest BCUT2D eigenvalue weighted by Crippen LogP contribution is 2.38. The van der Waals surface area contributed by atoms with Crippen LogP contribution in [0.5, 0.6) is 0 Å². The van der Waals surface area contributed by atoms with E-state index in [0.29, 0.717) is 11.3 Å². The first-order chi connectivity index (χ1) is 12.7. The van der Waals surface area contributed by atoms with Gasteiger partial charge in [-0.3, -0.25) is 4.79 Å². The van der Waals surface area contributed by atoms with Gasteiger partial charge in [-0.2, -0.15) is 0 Å². The van der Waals surface area contributed by atoms with Gasteiger partial charge < -0.3 is 19.4 Å². The third-order valence-electron chi connectivity index (χ3n) is 5.35. The lowest BCUT2D eigenvalue weighted by atomic mass is 9.95. The largest absolute Gasteiger partial charge is 0.462 e. The Labute approximate surface area is 158 Å². The van der Waals surface area contributed by atoms with Gasteiger partial charge in [-0.05, 0) is 58.6 Å². The number of ether oxygens (including phenoxy) is 1. The number of amides is 2. The van der Waals surface area contributed by atoms with Crippen molar-refractivity contribution in [3.63, 3.8) is 0 Å². The summed E-state index contributed by atoms with van der Waals surface area (Å²) in [6, 6.07) is 1.78. The van der Waals surface area contributed by atoms with E-state index < -0.39 is 5.60 Å². The summed E-state index contributed by atoms with van der Waals surface area (Å²) in [6.45, 7) is 7.52. The molecule has 2 aromatic rings. The molecular formula is C20H25N3O4. The standard InChI is InChI=1S/C20H25N3O4/c1-11-10-26-17-9-21-15(8-13(11)17)18(24)22-14-7-12-5-6-16(14)23(12)19(25)27-20(2,3)4/h8-10,12,14,16H,5-7H2,1-4H3,(H,22,24)/t12-,14-,16+/m1/s1. The van der Waals surface area contributed by atoms with Crippen LogP contribution < -0.4 is 5.32 Å². The first-order valence-electron chi connectivity index (χ1n) is 9.39. The fraction of sp³-hybridized carbons (Fsp3) is 0.550. The Kier molecular flexibility index (Phi) is 4.13. The second kappa shape index (κ2) is 6.25. The van der Waals surface area contributed by atoms with Crippen molar-refractivity contribution in [2.24, 2.45) is 0 Å². The quantitative estimate of drug-likeness (QED) is 0.874. The molecule has 0 aromatic carbocycles. The molecule has 0 spiro atoms. The van der Waals surface area contributed by atoms with E-state index in [9.17, 15) is 9.59 Å². The molecule has 2 aliphatic rings. The Morgan fingerprint density at radius 2 is 2.11 bits per heavy atom. The summed E-state index contributed by atoms with van der Waals surface area (Å²) in [7, 11) is 0. The van der Waals surface area contributed by atoms with E-state index >= 15 is 0 Å². The van der Waals surface area contributed by atoms with Crippen molar-refractivity contribution in [2.45, 2.75) is 70.7 Å². The van der Waals surface area contributed by atoms with Gasteiger partial charge in [0.05, 0.1) is 24.5 Å². The lowest BCUT2D eigenvalue weighted by molar-refractivity contribution is 0.0209. The number of aryl methyl sites for hydroxylation is 1. The molecule has 4 heterocycles. The van der Waals surface area contributed by atoms with Gasteiger partial charge in [0.15, 0.2) is 5.58 Å². The molecule has 2 aliphatic heterocycles. The highest BCUT2D eigenvalue weighted by Gasteiger charge is 2.50. The van der Waals surface area contributed by atoms with E-state index in [1.165, 1.54) is 0 Å². The molecule has 2 saturated heterocycles. The number of nitrogens with zero attached hydrogens (tertiary/aromatic N) is 2. The van der Waals surface area contributed by atoms with Crippen LogP contribution in [0.2, 0.25) is 0 Å². The topological polar surface area (TPSA) is 84.7 Å². The van der Waals surface area contributed by atoms with Crippen LogP contribution in [0, 0.1) is 6.92 Å². The minimum Gasteiger partial charge on any atom is -0.462 e. The Morgan fingerprint density at radius 1 is 1.33 bits per heavy atom. The molecule has 2 amide bonds. The van der Waals surface area contributed by atoms with Crippen molar-refractivity contribution < 1.29 is 18.7 Å². The molecule has 2 fully saturated rings. The molecule has 0 saturated carbocycles. The van der Waals surface area contributed by atoms with Crippen LogP contribution in [0.1, 0.15) is 56.1 Å². The van der Waals surface area contributed by atoms with Crippen LogP contribution in [-0.4, -0.2) is 45.6 Å². The number of aromatic nitrogens is 1. The highest BCUT2D eigenvalue weighted by molar-refractivity contribution is 5.96. The third kappa shape index (κ3) is 3.26. The monoisotopic (exact) mass is 371 g/mol. The highest BCUT2D eigenvalue weighted by atomic mass is 16.6. The predicted octanol–water partition coefficient (Wildman–Crippen LogP) is 3.41. The van der Waals surface area contributed by atoms with E-state index in [2.05, 4.69) is 10.3 Å². The van der Waals surface area contributed by atoms with Crippen molar-refractivity contribution in [2.75, 3.05) is 0 Å². The zero-order valence-electron chi connectivity index (χ0n) is 16.1. The normalized spacial score (nSPS) is 24.4. The number of fused-ring (bicyclic) bond motifs is 3. The summed E-state index contributed by atoms with van der Waals surface area (Å²) in [5.74, 6) is -0.223. The summed E-state index contributed by atoms with van der Waals surface area (Å²) >= 11 is 0. The van der Waals surface area contributed by atoms with Crippen LogP contribution in [-0.2, 0) is 4.74 Å². The summed E-state index contributed by atoms with van der Waals surface area (Å²) in [5.41, 5.74) is 1.47. The van der Waals surface area contributed by atoms with Gasteiger partial charge in [-0.15, -0.1) is 0 Å². The van der Waals surface area contributed by atoms with E-state index in [0.717, 1.165) is 30.2 Å². The second-order valence-corrected chi connectivity index (χ2v) is 8.49. The smallest absolute Gasteiger partial charge is 0.410 e. The zero-order valence-corrected chi connectivity index (χ0v) is 16.1. The Bertz CT molecular complexity index is 898. The minimum absolute atomic E-state index is 0.0202. The molecule has 2 bridgehead atoms. The van der Waals surface area contributed by atoms with Gasteiger partial charge in [-0.25, -0.2) is 9.78 Å². The number of furan rings is 1. The maximum absolute atomic E-state index is 12.7. The van der Waals surface area contributed by atoms with E-state index in [1.807, 2.05) is 32.6 Å². The molecule has 0 aliphatic carbocycles. The molecule has 4 rings (SSSR count). The van der Waals surface area contributed by atoms with Gasteiger partial charge in [0.25, 0.3) is 5.91 Å². The molecule has 0 unspecified atom stereocenters. The minimum atomic E-state index is -0.528. The van der Waals surface area contributed by atoms with Gasteiger partial charge in [-0.1, -0.05) is 0 Å². The first-order valence-corrected chi connectivity index (χ1v) is 9.39. The summed E-state index contributed by atoms with van der Waals surface area (Å²) in [5, 5.41) is 3.96. The maximum Gasteiger partial charge on any atom is 0.410 e. The average Bonchev–Trinajstić information content (AvgIpc) is 3.26. The van der Waals surface area contributed by atoms with E-state index in [1.54, 1.807) is 18.5 Å². The lowest BCUT2D eigenvalue weighted by Crippen LogP contribution is -2.46. The average molecular weight is 371 g/mol. The molecule has 1 N–H and O–H groups in total. The predicted molar refractivity (Wildman–Crippen MR) is 99.5 cm³/mol. The van der Waals surface area contributed by atoms with Crippen molar-refractivity contribution in [3.8, 4) is 0 Å². The summed E-state index contributed by atoms with van der Waals surface area (Å²) < 4.78 is 10.9.